The van der Waals surface area contributed by atoms with E-state index >= 15 is 0 Å². The molecule has 0 unspecified atom stereocenters. The van der Waals surface area contributed by atoms with Crippen LogP contribution in [-0.4, -0.2) is 10.1 Å². The van der Waals surface area contributed by atoms with Crippen molar-refractivity contribution >= 4 is 0 Å². The number of aromatic nitrogens is 1. The third-order valence-electron chi connectivity index (χ3n) is 2.00. The van der Waals surface area contributed by atoms with E-state index in [1.165, 1.54) is 0 Å². The van der Waals surface area contributed by atoms with Gasteiger partial charge in [-0.2, -0.15) is 5.26 Å². The van der Waals surface area contributed by atoms with Gasteiger partial charge in [0.25, 0.3) is 6.43 Å². The standard InChI is InChI=1S/C9H9F2N3O/c10-9(11)8-6(2-13)7(4-15)5(1-12)3-14-8/h3,9,15H,1,4,12H2. The van der Waals surface area contributed by atoms with Crippen LogP contribution in [0.5, 0.6) is 0 Å². The highest BCUT2D eigenvalue weighted by Gasteiger charge is 2.19. The Hall–Kier alpha value is -1.58. The topological polar surface area (TPSA) is 82.9 Å². The lowest BCUT2D eigenvalue weighted by Gasteiger charge is -2.10. The second kappa shape index (κ2) is 4.77. The van der Waals surface area contributed by atoms with Crippen molar-refractivity contribution in [2.24, 2.45) is 5.73 Å². The molecule has 0 aliphatic rings. The van der Waals surface area contributed by atoms with Gasteiger partial charge in [0.2, 0.25) is 0 Å². The third kappa shape index (κ3) is 2.09. The van der Waals surface area contributed by atoms with Gasteiger partial charge in [-0.15, -0.1) is 0 Å². The summed E-state index contributed by atoms with van der Waals surface area (Å²) in [5, 5.41) is 17.7. The monoisotopic (exact) mass is 213 g/mol. The van der Waals surface area contributed by atoms with Crippen LogP contribution in [0.2, 0.25) is 0 Å². The van der Waals surface area contributed by atoms with Gasteiger partial charge in [-0.25, -0.2) is 8.78 Å². The molecule has 6 heteroatoms. The zero-order chi connectivity index (χ0) is 11.4. The van der Waals surface area contributed by atoms with Crippen molar-refractivity contribution in [3.8, 4) is 6.07 Å². The van der Waals surface area contributed by atoms with Crippen LogP contribution in [0.15, 0.2) is 6.20 Å². The summed E-state index contributed by atoms with van der Waals surface area (Å²) < 4.78 is 24.9. The summed E-state index contributed by atoms with van der Waals surface area (Å²) in [5.74, 6) is 0. The highest BCUT2D eigenvalue weighted by atomic mass is 19.3. The molecule has 80 valence electrons. The minimum absolute atomic E-state index is 0.0427. The number of rotatable bonds is 3. The number of aliphatic hydroxyl groups is 1. The Balaban J connectivity index is 3.43. The zero-order valence-electron chi connectivity index (χ0n) is 7.74. The van der Waals surface area contributed by atoms with Crippen molar-refractivity contribution in [1.82, 2.24) is 4.98 Å². The Morgan fingerprint density at radius 1 is 1.60 bits per heavy atom. The van der Waals surface area contributed by atoms with E-state index in [2.05, 4.69) is 4.98 Å². The van der Waals surface area contributed by atoms with Crippen LogP contribution in [0.4, 0.5) is 8.78 Å². The number of aliphatic hydroxyl groups excluding tert-OH is 1. The number of nitrogens with zero attached hydrogens (tertiary/aromatic N) is 2. The molecule has 0 amide bonds. The Labute approximate surface area is 85.0 Å². The summed E-state index contributed by atoms with van der Waals surface area (Å²) in [7, 11) is 0. The predicted molar refractivity (Wildman–Crippen MR) is 47.7 cm³/mol. The summed E-state index contributed by atoms with van der Waals surface area (Å²) >= 11 is 0. The van der Waals surface area contributed by atoms with Crippen molar-refractivity contribution in [3.05, 3.63) is 28.6 Å². The minimum Gasteiger partial charge on any atom is -0.392 e. The highest BCUT2D eigenvalue weighted by Crippen LogP contribution is 2.24. The van der Waals surface area contributed by atoms with Crippen LogP contribution < -0.4 is 5.73 Å². The maximum Gasteiger partial charge on any atom is 0.281 e. The van der Waals surface area contributed by atoms with E-state index in [4.69, 9.17) is 16.1 Å². The molecule has 1 heterocycles. The van der Waals surface area contributed by atoms with Crippen molar-refractivity contribution in [1.29, 1.82) is 5.26 Å². The fraction of sp³-hybridized carbons (Fsp3) is 0.333. The Kier molecular flexibility index (Phi) is 3.66. The number of nitrogens with two attached hydrogens (primary N) is 1. The summed E-state index contributed by atoms with van der Waals surface area (Å²) in [6.45, 7) is -0.460. The van der Waals surface area contributed by atoms with Gasteiger partial charge < -0.3 is 10.8 Å². The second-order valence-corrected chi connectivity index (χ2v) is 2.80. The normalized spacial score (nSPS) is 10.4. The van der Waals surface area contributed by atoms with Gasteiger partial charge in [0.15, 0.2) is 0 Å². The molecule has 1 rings (SSSR count). The van der Waals surface area contributed by atoms with Crippen molar-refractivity contribution in [3.63, 3.8) is 0 Å². The largest absolute Gasteiger partial charge is 0.392 e. The van der Waals surface area contributed by atoms with E-state index in [9.17, 15) is 8.78 Å². The van der Waals surface area contributed by atoms with Crippen LogP contribution in [0.25, 0.3) is 0 Å². The molecule has 3 N–H and O–H groups in total. The molecule has 1 aromatic heterocycles. The summed E-state index contributed by atoms with van der Waals surface area (Å²) in [5.41, 5.74) is 4.96. The lowest BCUT2D eigenvalue weighted by molar-refractivity contribution is 0.145. The second-order valence-electron chi connectivity index (χ2n) is 2.80. The number of hydrogen-bond acceptors (Lipinski definition) is 4. The fourth-order valence-electron chi connectivity index (χ4n) is 1.25. The van der Waals surface area contributed by atoms with Crippen LogP contribution in [0, 0.1) is 11.3 Å². The molecular formula is C9H9F2N3O. The number of nitriles is 1. The predicted octanol–water partition coefficient (Wildman–Crippen LogP) is 0.842. The summed E-state index contributed by atoms with van der Waals surface area (Å²) in [6.07, 6.45) is -1.68. The average molecular weight is 213 g/mol. The first kappa shape index (κ1) is 11.5. The summed E-state index contributed by atoms with van der Waals surface area (Å²) in [4.78, 5) is 3.46. The first-order valence-corrected chi connectivity index (χ1v) is 4.15. The number of halogens is 2. The van der Waals surface area contributed by atoms with Gasteiger partial charge >= 0.3 is 0 Å². The lowest BCUT2D eigenvalue weighted by atomic mass is 10.0. The van der Waals surface area contributed by atoms with Gasteiger partial charge in [0.1, 0.15) is 11.8 Å². The molecule has 0 saturated carbocycles. The van der Waals surface area contributed by atoms with E-state index in [1.807, 2.05) is 0 Å². The van der Waals surface area contributed by atoms with Crippen molar-refractivity contribution in [2.45, 2.75) is 19.6 Å². The maximum absolute atomic E-state index is 12.4. The van der Waals surface area contributed by atoms with Crippen LogP contribution in [-0.2, 0) is 13.2 Å². The molecule has 0 atom stereocenters. The van der Waals surface area contributed by atoms with Crippen molar-refractivity contribution in [2.75, 3.05) is 0 Å². The Morgan fingerprint density at radius 2 is 2.27 bits per heavy atom. The SMILES string of the molecule is N#Cc1c(C(F)F)ncc(CN)c1CO. The fourth-order valence-corrected chi connectivity index (χ4v) is 1.25. The van der Waals surface area contributed by atoms with Gasteiger partial charge in [0, 0.05) is 18.3 Å². The number of hydrogen-bond donors (Lipinski definition) is 2. The summed E-state index contributed by atoms with van der Waals surface area (Å²) in [6, 6.07) is 1.61. The van der Waals surface area contributed by atoms with E-state index in [0.717, 1.165) is 6.20 Å². The van der Waals surface area contributed by atoms with Crippen LogP contribution >= 0.6 is 0 Å². The quantitative estimate of drug-likeness (QED) is 0.779. The number of pyridine rings is 1. The third-order valence-corrected chi connectivity index (χ3v) is 2.00. The first-order valence-electron chi connectivity index (χ1n) is 4.15. The van der Waals surface area contributed by atoms with Crippen LogP contribution in [0.3, 0.4) is 0 Å². The van der Waals surface area contributed by atoms with E-state index < -0.39 is 18.7 Å². The molecule has 0 saturated heterocycles. The number of alkyl halides is 2. The van der Waals surface area contributed by atoms with E-state index in [0.29, 0.717) is 5.56 Å². The molecule has 4 nitrogen and oxygen atoms in total. The van der Waals surface area contributed by atoms with Gasteiger partial charge in [-0.1, -0.05) is 0 Å². The molecule has 0 spiro atoms. The molecule has 0 aromatic carbocycles. The molecule has 15 heavy (non-hydrogen) atoms. The van der Waals surface area contributed by atoms with Gasteiger partial charge in [-0.3, -0.25) is 4.98 Å². The van der Waals surface area contributed by atoms with Crippen molar-refractivity contribution < 1.29 is 13.9 Å². The first-order chi connectivity index (χ1) is 7.15. The Morgan fingerprint density at radius 3 is 2.67 bits per heavy atom. The van der Waals surface area contributed by atoms with Crippen LogP contribution in [0.1, 0.15) is 28.8 Å². The molecular weight excluding hydrogens is 204 g/mol. The smallest absolute Gasteiger partial charge is 0.281 e. The van der Waals surface area contributed by atoms with Gasteiger partial charge in [0.05, 0.1) is 12.2 Å². The lowest BCUT2D eigenvalue weighted by Crippen LogP contribution is -2.08. The molecule has 0 aliphatic heterocycles. The molecule has 0 bridgehead atoms. The van der Waals surface area contributed by atoms with Gasteiger partial charge in [-0.05, 0) is 5.56 Å². The molecule has 1 aromatic rings. The Bertz CT molecular complexity index is 401. The maximum atomic E-state index is 12.4. The van der Waals surface area contributed by atoms with E-state index in [1.54, 1.807) is 6.07 Å². The average Bonchev–Trinajstić information content (AvgIpc) is 2.26. The zero-order valence-corrected chi connectivity index (χ0v) is 7.74. The molecule has 0 aliphatic carbocycles. The minimum atomic E-state index is -2.84. The van der Waals surface area contributed by atoms with E-state index in [-0.39, 0.29) is 17.7 Å². The molecule has 0 radical (unpaired) electrons. The highest BCUT2D eigenvalue weighted by molar-refractivity contribution is 5.45. The molecule has 0 fully saturated rings.